The standard InChI is InChI=1S/C24H22F3N5O5/c25-24(26,27)17-3-1-2-4-18(17)29-16-7-5-15(6-8-16)13-28-21(34)23(11-12-36-14-23)30-22(35)37-20-10-9-19(33)31-32-20/h1-10,29H,11-14H2,(H,28,34)(H,30,35)(H,31,33)/t23-/m0/s1. The van der Waals surface area contributed by atoms with Gasteiger partial charge in [0.05, 0.1) is 17.9 Å². The van der Waals surface area contributed by atoms with Crippen molar-refractivity contribution in [3.05, 3.63) is 82.1 Å². The van der Waals surface area contributed by atoms with Crippen LogP contribution in [0.3, 0.4) is 0 Å². The molecule has 0 radical (unpaired) electrons. The third-order valence-electron chi connectivity index (χ3n) is 5.57. The highest BCUT2D eigenvalue weighted by atomic mass is 19.4. The normalized spacial score (nSPS) is 17.2. The Hall–Kier alpha value is -4.39. The van der Waals surface area contributed by atoms with Gasteiger partial charge < -0.3 is 25.4 Å². The summed E-state index contributed by atoms with van der Waals surface area (Å²) in [4.78, 5) is 36.4. The van der Waals surface area contributed by atoms with Crippen molar-refractivity contribution >= 4 is 23.4 Å². The van der Waals surface area contributed by atoms with Crippen LogP contribution in [0.5, 0.6) is 5.88 Å². The van der Waals surface area contributed by atoms with Crippen LogP contribution in [0.2, 0.25) is 0 Å². The largest absolute Gasteiger partial charge is 0.418 e. The molecule has 1 atom stereocenters. The van der Waals surface area contributed by atoms with Gasteiger partial charge in [-0.3, -0.25) is 9.59 Å². The van der Waals surface area contributed by atoms with Crippen LogP contribution in [-0.2, 0) is 22.3 Å². The third kappa shape index (κ3) is 6.44. The van der Waals surface area contributed by atoms with Gasteiger partial charge in [0.15, 0.2) is 0 Å². The lowest BCUT2D eigenvalue weighted by molar-refractivity contribution is -0.137. The van der Waals surface area contributed by atoms with E-state index in [0.717, 1.165) is 12.1 Å². The number of hydrogen-bond donors (Lipinski definition) is 4. The van der Waals surface area contributed by atoms with Crippen molar-refractivity contribution in [1.29, 1.82) is 0 Å². The molecule has 194 valence electrons. The van der Waals surface area contributed by atoms with Gasteiger partial charge in [-0.1, -0.05) is 24.3 Å². The van der Waals surface area contributed by atoms with Gasteiger partial charge in [0.2, 0.25) is 11.8 Å². The molecule has 4 rings (SSSR count). The Morgan fingerprint density at radius 3 is 2.49 bits per heavy atom. The number of aromatic amines is 1. The summed E-state index contributed by atoms with van der Waals surface area (Å²) in [6.45, 7) is 0.261. The Kier molecular flexibility index (Phi) is 7.43. The Bertz CT molecular complexity index is 1300. The van der Waals surface area contributed by atoms with Gasteiger partial charge in [0, 0.05) is 37.4 Å². The average Bonchev–Trinajstić information content (AvgIpc) is 3.34. The molecule has 0 bridgehead atoms. The molecular formula is C24H22F3N5O5. The van der Waals surface area contributed by atoms with Gasteiger partial charge in [-0.05, 0) is 29.8 Å². The van der Waals surface area contributed by atoms with Crippen molar-refractivity contribution in [1.82, 2.24) is 20.8 Å². The number of carbonyl (C=O) groups is 2. The molecular weight excluding hydrogens is 495 g/mol. The fourth-order valence-corrected chi connectivity index (χ4v) is 3.66. The van der Waals surface area contributed by atoms with E-state index >= 15 is 0 Å². The Balaban J connectivity index is 1.36. The fourth-order valence-electron chi connectivity index (χ4n) is 3.66. The number of para-hydroxylation sites is 1. The van der Waals surface area contributed by atoms with Crippen LogP contribution in [-0.4, -0.2) is 41.0 Å². The number of rotatable bonds is 7. The average molecular weight is 517 g/mol. The number of carbonyl (C=O) groups excluding carboxylic acids is 2. The molecule has 0 saturated carbocycles. The molecule has 0 spiro atoms. The Morgan fingerprint density at radius 2 is 1.84 bits per heavy atom. The fraction of sp³-hybridized carbons (Fsp3) is 0.250. The maximum absolute atomic E-state index is 13.2. The zero-order chi connectivity index (χ0) is 26.5. The van der Waals surface area contributed by atoms with E-state index in [4.69, 9.17) is 9.47 Å². The van der Waals surface area contributed by atoms with Crippen LogP contribution < -0.4 is 26.2 Å². The molecule has 13 heteroatoms. The first kappa shape index (κ1) is 25.7. The van der Waals surface area contributed by atoms with Gasteiger partial charge in [-0.25, -0.2) is 9.89 Å². The van der Waals surface area contributed by atoms with Crippen LogP contribution in [0.4, 0.5) is 29.3 Å². The number of H-pyrrole nitrogens is 1. The minimum Gasteiger partial charge on any atom is -0.390 e. The number of nitrogens with zero attached hydrogens (tertiary/aromatic N) is 1. The second kappa shape index (κ2) is 10.7. The molecule has 1 aromatic heterocycles. The number of aromatic nitrogens is 2. The van der Waals surface area contributed by atoms with Crippen LogP contribution >= 0.6 is 0 Å². The molecule has 4 N–H and O–H groups in total. The zero-order valence-corrected chi connectivity index (χ0v) is 19.2. The molecule has 2 aromatic carbocycles. The molecule has 1 saturated heterocycles. The van der Waals surface area contributed by atoms with Crippen LogP contribution in [0.1, 0.15) is 17.5 Å². The second-order valence-electron chi connectivity index (χ2n) is 8.21. The van der Waals surface area contributed by atoms with Gasteiger partial charge in [0.25, 0.3) is 5.56 Å². The summed E-state index contributed by atoms with van der Waals surface area (Å²) in [6, 6.07) is 14.0. The summed E-state index contributed by atoms with van der Waals surface area (Å²) < 4.78 is 50.0. The van der Waals surface area contributed by atoms with E-state index in [1.807, 2.05) is 0 Å². The van der Waals surface area contributed by atoms with Crippen LogP contribution in [0, 0.1) is 0 Å². The molecule has 2 heterocycles. The first-order valence-corrected chi connectivity index (χ1v) is 11.1. The molecule has 10 nitrogen and oxygen atoms in total. The molecule has 2 amide bonds. The quantitative estimate of drug-likeness (QED) is 0.378. The molecule has 37 heavy (non-hydrogen) atoms. The highest BCUT2D eigenvalue weighted by Crippen LogP contribution is 2.35. The predicted octanol–water partition coefficient (Wildman–Crippen LogP) is 3.10. The smallest absolute Gasteiger partial charge is 0.390 e. The highest BCUT2D eigenvalue weighted by Gasteiger charge is 2.44. The van der Waals surface area contributed by atoms with Gasteiger partial charge in [-0.15, -0.1) is 5.10 Å². The highest BCUT2D eigenvalue weighted by molar-refractivity contribution is 5.90. The van der Waals surface area contributed by atoms with Gasteiger partial charge >= 0.3 is 12.3 Å². The predicted molar refractivity (Wildman–Crippen MR) is 125 cm³/mol. The van der Waals surface area contributed by atoms with E-state index in [1.54, 1.807) is 24.3 Å². The molecule has 3 aromatic rings. The summed E-state index contributed by atoms with van der Waals surface area (Å²) in [7, 11) is 0. The lowest BCUT2D eigenvalue weighted by Gasteiger charge is -2.26. The molecule has 0 unspecified atom stereocenters. The molecule has 1 aliphatic heterocycles. The topological polar surface area (TPSA) is 134 Å². The number of hydrogen-bond acceptors (Lipinski definition) is 7. The van der Waals surface area contributed by atoms with Crippen molar-refractivity contribution in [2.24, 2.45) is 0 Å². The number of alkyl halides is 3. The van der Waals surface area contributed by atoms with Crippen molar-refractivity contribution in [3.8, 4) is 5.88 Å². The number of amides is 2. The van der Waals surface area contributed by atoms with Crippen LogP contribution in [0.15, 0.2) is 65.5 Å². The summed E-state index contributed by atoms with van der Waals surface area (Å²) in [5.41, 5.74) is -1.58. The number of benzene rings is 2. The van der Waals surface area contributed by atoms with E-state index in [0.29, 0.717) is 11.3 Å². The van der Waals surface area contributed by atoms with E-state index in [9.17, 15) is 27.6 Å². The molecule has 1 aliphatic rings. The summed E-state index contributed by atoms with van der Waals surface area (Å²) in [6.07, 6.45) is -5.24. The zero-order valence-electron chi connectivity index (χ0n) is 19.2. The van der Waals surface area contributed by atoms with Crippen molar-refractivity contribution in [2.75, 3.05) is 18.5 Å². The SMILES string of the molecule is O=C(N[C@@]1(C(=O)NCc2ccc(Nc3ccccc3C(F)(F)F)cc2)CCOC1)Oc1ccc(=O)[nH]n1. The van der Waals surface area contributed by atoms with E-state index in [-0.39, 0.29) is 37.7 Å². The molecule has 0 aliphatic carbocycles. The number of nitrogens with one attached hydrogen (secondary N) is 4. The third-order valence-corrected chi connectivity index (χ3v) is 5.57. The van der Waals surface area contributed by atoms with Gasteiger partial charge in [-0.2, -0.15) is 13.2 Å². The van der Waals surface area contributed by atoms with Crippen molar-refractivity contribution < 1.29 is 32.2 Å². The van der Waals surface area contributed by atoms with E-state index in [2.05, 4.69) is 26.1 Å². The maximum Gasteiger partial charge on any atom is 0.418 e. The van der Waals surface area contributed by atoms with Crippen molar-refractivity contribution in [2.45, 2.75) is 24.7 Å². The number of anilines is 2. The summed E-state index contributed by atoms with van der Waals surface area (Å²) in [5, 5.41) is 13.7. The van der Waals surface area contributed by atoms with Crippen LogP contribution in [0.25, 0.3) is 0 Å². The second-order valence-corrected chi connectivity index (χ2v) is 8.21. The van der Waals surface area contributed by atoms with Crippen molar-refractivity contribution in [3.63, 3.8) is 0 Å². The van der Waals surface area contributed by atoms with E-state index < -0.39 is 34.8 Å². The Morgan fingerprint density at radius 1 is 1.08 bits per heavy atom. The monoisotopic (exact) mass is 517 g/mol. The number of halogens is 3. The minimum absolute atomic E-state index is 0.0748. The minimum atomic E-state index is -4.50. The first-order chi connectivity index (χ1) is 17.6. The van der Waals surface area contributed by atoms with Gasteiger partial charge in [0.1, 0.15) is 5.54 Å². The summed E-state index contributed by atoms with van der Waals surface area (Å²) in [5.74, 6) is -0.657. The number of ether oxygens (including phenoxy) is 2. The summed E-state index contributed by atoms with van der Waals surface area (Å²) >= 11 is 0. The van der Waals surface area contributed by atoms with E-state index in [1.165, 1.54) is 24.3 Å². The Labute approximate surface area is 208 Å². The maximum atomic E-state index is 13.2. The lowest BCUT2D eigenvalue weighted by atomic mass is 9.97. The lowest BCUT2D eigenvalue weighted by Crippen LogP contribution is -2.59. The molecule has 1 fully saturated rings. The first-order valence-electron chi connectivity index (χ1n) is 11.1.